The maximum atomic E-state index is 13.2. The van der Waals surface area contributed by atoms with Crippen LogP contribution >= 0.6 is 0 Å². The summed E-state index contributed by atoms with van der Waals surface area (Å²) in [6.07, 6.45) is 2.03. The minimum atomic E-state index is -3.69. The summed E-state index contributed by atoms with van der Waals surface area (Å²) in [4.78, 5) is 2.53. The Morgan fingerprint density at radius 1 is 0.943 bits per heavy atom. The van der Waals surface area contributed by atoms with Crippen LogP contribution in [0.3, 0.4) is 0 Å². The predicted octanol–water partition coefficient (Wildman–Crippen LogP) is 4.61. The normalized spacial score (nSPS) is 17.3. The number of hydrogen-bond acceptors (Lipinski definition) is 6. The molecule has 0 radical (unpaired) electrons. The molecule has 0 spiro atoms. The summed E-state index contributed by atoms with van der Waals surface area (Å²) in [5, 5.41) is 0. The third-order valence-corrected chi connectivity index (χ3v) is 8.20. The van der Waals surface area contributed by atoms with E-state index in [1.54, 1.807) is 24.3 Å². The number of likely N-dealkylation sites (tertiary alicyclic amines) is 1. The number of fused-ring (bicyclic) bond motifs is 1. The van der Waals surface area contributed by atoms with Crippen LogP contribution in [0.1, 0.15) is 24.3 Å². The second-order valence-electron chi connectivity index (χ2n) is 9.10. The minimum Gasteiger partial charge on any atom is -0.457 e. The van der Waals surface area contributed by atoms with Gasteiger partial charge in [-0.2, -0.15) is 0 Å². The molecular formula is C27H30N2O5S. The molecule has 0 aromatic heterocycles. The maximum absolute atomic E-state index is 13.2. The van der Waals surface area contributed by atoms with Crippen molar-refractivity contribution in [2.75, 3.05) is 33.5 Å². The van der Waals surface area contributed by atoms with Crippen LogP contribution in [0.25, 0.3) is 0 Å². The lowest BCUT2D eigenvalue weighted by atomic mass is 9.80. The van der Waals surface area contributed by atoms with Crippen molar-refractivity contribution in [2.45, 2.75) is 23.7 Å². The number of piperidine rings is 1. The van der Waals surface area contributed by atoms with Crippen LogP contribution in [0.5, 0.6) is 23.0 Å². The number of rotatable bonds is 8. The Morgan fingerprint density at radius 2 is 1.63 bits per heavy atom. The molecule has 3 aromatic rings. The summed E-state index contributed by atoms with van der Waals surface area (Å²) in [5.74, 6) is 3.14. The van der Waals surface area contributed by atoms with Crippen LogP contribution in [-0.4, -0.2) is 46.8 Å². The first kappa shape index (κ1) is 23.7. The van der Waals surface area contributed by atoms with Crippen LogP contribution in [0, 0.1) is 5.92 Å². The number of hydrogen-bond donors (Lipinski definition) is 1. The van der Waals surface area contributed by atoms with E-state index in [4.69, 9.17) is 14.2 Å². The Bertz CT molecular complexity index is 1240. The van der Waals surface area contributed by atoms with Gasteiger partial charge in [-0.1, -0.05) is 24.3 Å². The summed E-state index contributed by atoms with van der Waals surface area (Å²) in [7, 11) is -1.56. The molecule has 35 heavy (non-hydrogen) atoms. The molecule has 3 aromatic carbocycles. The second kappa shape index (κ2) is 10.3. The van der Waals surface area contributed by atoms with Gasteiger partial charge in [-0.25, -0.2) is 13.1 Å². The number of para-hydroxylation sites is 1. The lowest BCUT2D eigenvalue weighted by Gasteiger charge is -2.34. The monoisotopic (exact) mass is 494 g/mol. The molecule has 5 rings (SSSR count). The van der Waals surface area contributed by atoms with Crippen molar-refractivity contribution >= 4 is 10.0 Å². The largest absolute Gasteiger partial charge is 0.457 e. The Morgan fingerprint density at radius 3 is 2.37 bits per heavy atom. The molecule has 184 valence electrons. The molecule has 0 saturated carbocycles. The lowest BCUT2D eigenvalue weighted by Crippen LogP contribution is -2.37. The number of benzene rings is 3. The highest BCUT2D eigenvalue weighted by Crippen LogP contribution is 2.39. The van der Waals surface area contributed by atoms with Gasteiger partial charge in [0.2, 0.25) is 16.8 Å². The molecule has 7 nitrogen and oxygen atoms in total. The first-order valence-electron chi connectivity index (χ1n) is 11.9. The quantitative estimate of drug-likeness (QED) is 0.493. The van der Waals surface area contributed by atoms with Gasteiger partial charge in [0.05, 0.1) is 4.90 Å². The van der Waals surface area contributed by atoms with Crippen molar-refractivity contribution < 1.29 is 22.6 Å². The third kappa shape index (κ3) is 5.61. The van der Waals surface area contributed by atoms with Crippen molar-refractivity contribution in [1.29, 1.82) is 0 Å². The number of nitrogens with zero attached hydrogens (tertiary/aromatic N) is 1. The fraction of sp³-hybridized carbons (Fsp3) is 0.333. The average Bonchev–Trinajstić information content (AvgIpc) is 3.34. The van der Waals surface area contributed by atoms with Gasteiger partial charge in [0.15, 0.2) is 11.5 Å². The third-order valence-electron chi connectivity index (χ3n) is 6.76. The van der Waals surface area contributed by atoms with Gasteiger partial charge >= 0.3 is 0 Å². The Balaban J connectivity index is 1.31. The number of nitrogens with one attached hydrogen (secondary N) is 1. The van der Waals surface area contributed by atoms with Gasteiger partial charge in [0, 0.05) is 12.5 Å². The van der Waals surface area contributed by atoms with E-state index in [9.17, 15) is 8.42 Å². The van der Waals surface area contributed by atoms with Crippen molar-refractivity contribution in [2.24, 2.45) is 5.92 Å². The average molecular weight is 495 g/mol. The molecule has 2 aliphatic heterocycles. The fourth-order valence-corrected chi connectivity index (χ4v) is 5.79. The molecule has 1 saturated heterocycles. The Kier molecular flexibility index (Phi) is 6.95. The van der Waals surface area contributed by atoms with Crippen LogP contribution in [-0.2, 0) is 10.0 Å². The highest BCUT2D eigenvalue weighted by atomic mass is 32.2. The van der Waals surface area contributed by atoms with Gasteiger partial charge in [-0.3, -0.25) is 0 Å². The molecular weight excluding hydrogens is 464 g/mol. The van der Waals surface area contributed by atoms with Gasteiger partial charge in [-0.15, -0.1) is 0 Å². The Labute approximate surface area is 206 Å². The lowest BCUT2D eigenvalue weighted by molar-refractivity contribution is 0.173. The van der Waals surface area contributed by atoms with Crippen LogP contribution in [0.2, 0.25) is 0 Å². The topological polar surface area (TPSA) is 77.1 Å². The van der Waals surface area contributed by atoms with E-state index in [1.807, 2.05) is 48.5 Å². The first-order valence-corrected chi connectivity index (χ1v) is 13.4. The van der Waals surface area contributed by atoms with Crippen LogP contribution in [0.4, 0.5) is 0 Å². The van der Waals surface area contributed by atoms with Crippen LogP contribution < -0.4 is 18.9 Å². The van der Waals surface area contributed by atoms with Gasteiger partial charge in [-0.05, 0) is 93.0 Å². The molecule has 0 bridgehead atoms. The molecule has 8 heteroatoms. The highest BCUT2D eigenvalue weighted by molar-refractivity contribution is 7.89. The number of ether oxygens (including phenoxy) is 3. The molecule has 1 unspecified atom stereocenters. The summed E-state index contributed by atoms with van der Waals surface area (Å²) in [6, 6.07) is 21.8. The van der Waals surface area contributed by atoms with Gasteiger partial charge in [0.25, 0.3) is 0 Å². The number of sulfonamides is 1. The molecule has 2 aliphatic rings. The SMILES string of the molecule is CN1CCC(C(CNS(=O)(=O)c2ccc(Oc3ccccc3)cc2)c2ccc3c(c2)OCO3)CC1. The minimum absolute atomic E-state index is 0.0358. The van der Waals surface area contributed by atoms with Crippen molar-refractivity contribution in [3.63, 3.8) is 0 Å². The standard InChI is InChI=1S/C27H30N2O5S/c1-29-15-13-20(14-16-29)25(21-7-12-26-27(17-21)33-19-32-26)18-28-35(30,31)24-10-8-23(9-11-24)34-22-5-3-2-4-6-22/h2-12,17,20,25,28H,13-16,18-19H2,1H3. The van der Waals surface area contributed by atoms with E-state index < -0.39 is 10.0 Å². The molecule has 0 amide bonds. The zero-order valence-electron chi connectivity index (χ0n) is 19.7. The second-order valence-corrected chi connectivity index (χ2v) is 10.9. The van der Waals surface area contributed by atoms with Crippen molar-refractivity contribution in [1.82, 2.24) is 9.62 Å². The van der Waals surface area contributed by atoms with Crippen LogP contribution in [0.15, 0.2) is 77.7 Å². The summed E-state index contributed by atoms with van der Waals surface area (Å²) >= 11 is 0. The molecule has 0 aliphatic carbocycles. The van der Waals surface area contributed by atoms with Gasteiger partial charge < -0.3 is 19.1 Å². The molecule has 1 N–H and O–H groups in total. The van der Waals surface area contributed by atoms with Crippen molar-refractivity contribution in [3.8, 4) is 23.0 Å². The van der Waals surface area contributed by atoms with E-state index in [-0.39, 0.29) is 17.6 Å². The van der Waals surface area contributed by atoms with Gasteiger partial charge in [0.1, 0.15) is 11.5 Å². The summed E-state index contributed by atoms with van der Waals surface area (Å²) < 4.78 is 46.0. The molecule has 2 heterocycles. The predicted molar refractivity (Wildman–Crippen MR) is 134 cm³/mol. The molecule has 1 atom stereocenters. The smallest absolute Gasteiger partial charge is 0.240 e. The van der Waals surface area contributed by atoms with E-state index in [0.717, 1.165) is 43.0 Å². The van der Waals surface area contributed by atoms with E-state index >= 15 is 0 Å². The van der Waals surface area contributed by atoms with E-state index in [2.05, 4.69) is 16.7 Å². The summed E-state index contributed by atoms with van der Waals surface area (Å²) in [5.41, 5.74) is 1.07. The van der Waals surface area contributed by atoms with E-state index in [0.29, 0.717) is 24.0 Å². The first-order chi connectivity index (χ1) is 17.0. The highest BCUT2D eigenvalue weighted by Gasteiger charge is 2.29. The van der Waals surface area contributed by atoms with Crippen molar-refractivity contribution in [3.05, 3.63) is 78.4 Å². The molecule has 1 fully saturated rings. The fourth-order valence-electron chi connectivity index (χ4n) is 4.73. The zero-order chi connectivity index (χ0) is 24.3. The van der Waals surface area contributed by atoms with E-state index in [1.165, 1.54) is 0 Å². The maximum Gasteiger partial charge on any atom is 0.240 e. The Hall–Kier alpha value is -3.07. The summed E-state index contributed by atoms with van der Waals surface area (Å²) in [6.45, 7) is 2.54. The zero-order valence-corrected chi connectivity index (χ0v) is 20.5.